The van der Waals surface area contributed by atoms with Crippen LogP contribution in [0.25, 0.3) is 11.0 Å². The molecule has 8 nitrogen and oxygen atoms in total. The van der Waals surface area contributed by atoms with Gasteiger partial charge in [-0.2, -0.15) is 0 Å². The summed E-state index contributed by atoms with van der Waals surface area (Å²) >= 11 is 6.34. The van der Waals surface area contributed by atoms with Gasteiger partial charge in [-0.05, 0) is 24.3 Å². The van der Waals surface area contributed by atoms with Crippen LogP contribution in [0.1, 0.15) is 10.4 Å². The first kappa shape index (κ1) is 19.7. The van der Waals surface area contributed by atoms with E-state index in [9.17, 15) is 4.79 Å². The zero-order valence-electron chi connectivity index (χ0n) is 16.3. The molecule has 0 aliphatic carbocycles. The molecule has 2 aromatic carbocycles. The number of benzene rings is 2. The second-order valence-electron chi connectivity index (χ2n) is 6.46. The number of para-hydroxylation sites is 3. The molecular weight excluding hydrogens is 404 g/mol. The van der Waals surface area contributed by atoms with Gasteiger partial charge in [-0.15, -0.1) is 0 Å². The van der Waals surface area contributed by atoms with Gasteiger partial charge in [0.05, 0.1) is 46.3 Å². The molecule has 2 heterocycles. The number of nitrogens with one attached hydrogen (secondary N) is 3. The minimum Gasteiger partial charge on any atom is -0.353 e. The monoisotopic (exact) mass is 422 g/mol. The average Bonchev–Trinajstić information content (AvgIpc) is 3.06. The van der Waals surface area contributed by atoms with E-state index in [1.165, 1.54) is 13.3 Å². The molecule has 0 aliphatic heterocycles. The van der Waals surface area contributed by atoms with Crippen LogP contribution < -0.4 is 16.1 Å². The van der Waals surface area contributed by atoms with Crippen LogP contribution in [-0.2, 0) is 11.9 Å². The van der Waals surface area contributed by atoms with Crippen LogP contribution in [0, 0.1) is 0 Å². The van der Waals surface area contributed by atoms with Gasteiger partial charge in [0.25, 0.3) is 5.91 Å². The molecule has 2 aromatic heterocycles. The summed E-state index contributed by atoms with van der Waals surface area (Å²) in [6, 6.07) is 16.7. The normalized spacial score (nSPS) is 10.8. The molecule has 0 spiro atoms. The molecule has 4 rings (SSSR count). The third kappa shape index (κ3) is 3.91. The number of nitrogens with zero attached hydrogens (tertiary/aromatic N) is 3. The van der Waals surface area contributed by atoms with Gasteiger partial charge in [0, 0.05) is 13.1 Å². The van der Waals surface area contributed by atoms with Crippen molar-refractivity contribution in [3.63, 3.8) is 0 Å². The van der Waals surface area contributed by atoms with Gasteiger partial charge in [-0.25, -0.2) is 15.4 Å². The van der Waals surface area contributed by atoms with Crippen molar-refractivity contribution in [1.82, 2.24) is 20.0 Å². The molecule has 0 fully saturated rings. The van der Waals surface area contributed by atoms with E-state index in [-0.39, 0.29) is 5.91 Å². The van der Waals surface area contributed by atoms with Crippen LogP contribution in [-0.4, -0.2) is 27.6 Å². The molecule has 4 aromatic rings. The molecule has 0 atom stereocenters. The van der Waals surface area contributed by atoms with Crippen molar-refractivity contribution in [1.29, 1.82) is 0 Å². The van der Waals surface area contributed by atoms with Gasteiger partial charge in [-0.3, -0.25) is 9.63 Å². The topological polar surface area (TPSA) is 93.1 Å². The Hall–Kier alpha value is -3.62. The van der Waals surface area contributed by atoms with Crippen molar-refractivity contribution < 1.29 is 9.63 Å². The van der Waals surface area contributed by atoms with Gasteiger partial charge in [-0.1, -0.05) is 35.9 Å². The van der Waals surface area contributed by atoms with Crippen LogP contribution in [0.4, 0.5) is 23.1 Å². The van der Waals surface area contributed by atoms with Crippen LogP contribution >= 0.6 is 11.6 Å². The maximum absolute atomic E-state index is 12.2. The number of rotatable bonds is 6. The SMILES string of the molecule is CONC(=O)c1ccccc1Nc1cc(Nc2nc3ccccc3n2C)ncc1Cl. The van der Waals surface area contributed by atoms with Gasteiger partial charge in [0.15, 0.2) is 0 Å². The van der Waals surface area contributed by atoms with Gasteiger partial charge < -0.3 is 15.2 Å². The number of anilines is 4. The number of pyridine rings is 1. The Morgan fingerprint density at radius 2 is 1.83 bits per heavy atom. The summed E-state index contributed by atoms with van der Waals surface area (Å²) in [4.78, 5) is 25.9. The molecule has 0 aliphatic rings. The average molecular weight is 423 g/mol. The fourth-order valence-electron chi connectivity index (χ4n) is 3.06. The standard InChI is InChI=1S/C21H19ClN6O2/c1-28-18-10-6-5-9-16(18)25-21(28)26-19-11-17(14(22)12-23-19)24-15-8-4-3-7-13(15)20(29)27-30-2/h3-12H,1-2H3,(H,27,29)(H2,23,24,25,26). The number of imidazole rings is 1. The summed E-state index contributed by atoms with van der Waals surface area (Å²) in [7, 11) is 3.31. The van der Waals surface area contributed by atoms with E-state index in [1.807, 2.05) is 41.9 Å². The Labute approximate surface area is 177 Å². The highest BCUT2D eigenvalue weighted by Gasteiger charge is 2.13. The number of aromatic nitrogens is 3. The lowest BCUT2D eigenvalue weighted by Crippen LogP contribution is -2.22. The summed E-state index contributed by atoms with van der Waals surface area (Å²) < 4.78 is 1.95. The van der Waals surface area contributed by atoms with Crippen molar-refractivity contribution in [2.24, 2.45) is 7.05 Å². The fourth-order valence-corrected chi connectivity index (χ4v) is 3.21. The summed E-state index contributed by atoms with van der Waals surface area (Å²) in [6.45, 7) is 0. The first-order chi connectivity index (χ1) is 14.6. The lowest BCUT2D eigenvalue weighted by molar-refractivity contribution is 0.0538. The summed E-state index contributed by atoms with van der Waals surface area (Å²) in [6.07, 6.45) is 1.53. The zero-order chi connectivity index (χ0) is 21.1. The van der Waals surface area contributed by atoms with E-state index in [1.54, 1.807) is 24.3 Å². The van der Waals surface area contributed by atoms with E-state index >= 15 is 0 Å². The van der Waals surface area contributed by atoms with Crippen LogP contribution in [0.3, 0.4) is 0 Å². The number of halogens is 1. The highest BCUT2D eigenvalue weighted by atomic mass is 35.5. The predicted molar refractivity (Wildman–Crippen MR) is 117 cm³/mol. The number of amides is 1. The van der Waals surface area contributed by atoms with Crippen molar-refractivity contribution in [3.8, 4) is 0 Å². The van der Waals surface area contributed by atoms with E-state index < -0.39 is 0 Å². The molecule has 0 bridgehead atoms. The van der Waals surface area contributed by atoms with E-state index in [4.69, 9.17) is 16.4 Å². The maximum atomic E-state index is 12.2. The third-order valence-electron chi connectivity index (χ3n) is 4.52. The van der Waals surface area contributed by atoms with Crippen molar-refractivity contribution >= 4 is 51.7 Å². The number of hydrogen-bond donors (Lipinski definition) is 3. The lowest BCUT2D eigenvalue weighted by Gasteiger charge is -2.14. The smallest absolute Gasteiger partial charge is 0.276 e. The molecule has 0 saturated heterocycles. The van der Waals surface area contributed by atoms with Gasteiger partial charge in [0.1, 0.15) is 5.82 Å². The number of fused-ring (bicyclic) bond motifs is 1. The molecule has 152 valence electrons. The second kappa shape index (κ2) is 8.40. The van der Waals surface area contributed by atoms with Crippen molar-refractivity contribution in [2.75, 3.05) is 17.7 Å². The maximum Gasteiger partial charge on any atom is 0.276 e. The van der Waals surface area contributed by atoms with Gasteiger partial charge >= 0.3 is 0 Å². The minimum absolute atomic E-state index is 0.371. The van der Waals surface area contributed by atoms with Crippen molar-refractivity contribution in [2.45, 2.75) is 0 Å². The molecule has 0 radical (unpaired) electrons. The number of hydrogen-bond acceptors (Lipinski definition) is 6. The quantitative estimate of drug-likeness (QED) is 0.399. The molecule has 3 N–H and O–H groups in total. The fraction of sp³-hybridized carbons (Fsp3) is 0.0952. The first-order valence-electron chi connectivity index (χ1n) is 9.10. The number of carbonyl (C=O) groups is 1. The summed E-state index contributed by atoms with van der Waals surface area (Å²) in [5.41, 5.74) is 5.79. The highest BCUT2D eigenvalue weighted by Crippen LogP contribution is 2.30. The lowest BCUT2D eigenvalue weighted by atomic mass is 10.1. The molecule has 0 saturated carbocycles. The van der Waals surface area contributed by atoms with E-state index in [2.05, 4.69) is 26.1 Å². The number of aryl methyl sites for hydroxylation is 1. The summed E-state index contributed by atoms with van der Waals surface area (Å²) in [5, 5.41) is 6.82. The summed E-state index contributed by atoms with van der Waals surface area (Å²) in [5.74, 6) is 0.833. The Balaban J connectivity index is 1.63. The molecular formula is C21H19ClN6O2. The molecule has 1 amide bonds. The Kier molecular flexibility index (Phi) is 5.51. The number of carbonyl (C=O) groups excluding carboxylic acids is 1. The third-order valence-corrected chi connectivity index (χ3v) is 4.82. The van der Waals surface area contributed by atoms with Crippen LogP contribution in [0.5, 0.6) is 0 Å². The number of hydroxylamine groups is 1. The van der Waals surface area contributed by atoms with Gasteiger partial charge in [0.2, 0.25) is 5.95 Å². The second-order valence-corrected chi connectivity index (χ2v) is 6.87. The van der Waals surface area contributed by atoms with Crippen molar-refractivity contribution in [3.05, 3.63) is 71.4 Å². The molecule has 0 unspecified atom stereocenters. The Bertz CT molecular complexity index is 1220. The highest BCUT2D eigenvalue weighted by molar-refractivity contribution is 6.33. The Morgan fingerprint density at radius 3 is 2.63 bits per heavy atom. The van der Waals surface area contributed by atoms with Crippen LogP contribution in [0.2, 0.25) is 5.02 Å². The Morgan fingerprint density at radius 1 is 1.07 bits per heavy atom. The molecule has 9 heteroatoms. The van der Waals surface area contributed by atoms with E-state index in [0.29, 0.717) is 33.7 Å². The zero-order valence-corrected chi connectivity index (χ0v) is 17.1. The molecule has 30 heavy (non-hydrogen) atoms. The predicted octanol–water partition coefficient (Wildman–Crippen LogP) is 4.40. The first-order valence-corrected chi connectivity index (χ1v) is 9.48. The largest absolute Gasteiger partial charge is 0.353 e. The van der Waals surface area contributed by atoms with E-state index in [0.717, 1.165) is 11.0 Å². The van der Waals surface area contributed by atoms with Crippen LogP contribution in [0.15, 0.2) is 60.8 Å². The minimum atomic E-state index is -0.371.